The Morgan fingerprint density at radius 2 is 2.33 bits per heavy atom. The van der Waals surface area contributed by atoms with Crippen LogP contribution in [-0.4, -0.2) is 28.9 Å². The molecule has 0 radical (unpaired) electrons. The Balaban J connectivity index is 2.50. The van der Waals surface area contributed by atoms with Crippen molar-refractivity contribution >= 4 is 17.0 Å². The summed E-state index contributed by atoms with van der Waals surface area (Å²) in [7, 11) is 1.87. The third-order valence-electron chi connectivity index (χ3n) is 1.10. The summed E-state index contributed by atoms with van der Waals surface area (Å²) in [5.74, 6) is 0. The minimum atomic E-state index is -0.435. The second-order valence-electron chi connectivity index (χ2n) is 1.92. The summed E-state index contributed by atoms with van der Waals surface area (Å²) in [6, 6.07) is 0. The zero-order valence-corrected chi connectivity index (χ0v) is 5.80. The lowest BCUT2D eigenvalue weighted by molar-refractivity contribution is 0.230. The number of halogens is 1. The van der Waals surface area contributed by atoms with Crippen molar-refractivity contribution in [3.8, 4) is 0 Å². The lowest BCUT2D eigenvalue weighted by Gasteiger charge is -2.11. The largest absolute Gasteiger partial charge is 0.361 e. The van der Waals surface area contributed by atoms with Crippen LogP contribution in [0.1, 0.15) is 0 Å². The highest BCUT2D eigenvalue weighted by atomic mass is 35.5. The van der Waals surface area contributed by atoms with Crippen molar-refractivity contribution < 1.29 is 4.79 Å². The standard InChI is InChI=1S/C5H7ClN2O/c1-7-2-3-8(4-7)5(6)9/h2-3H,4H2,1H3. The summed E-state index contributed by atoms with van der Waals surface area (Å²) >= 11 is 5.16. The molecule has 0 N–H and O–H groups in total. The SMILES string of the molecule is CN1C=CN(C(=O)Cl)C1. The highest BCUT2D eigenvalue weighted by Gasteiger charge is 2.12. The van der Waals surface area contributed by atoms with Crippen LogP contribution in [0.2, 0.25) is 0 Å². The molecule has 4 heteroatoms. The molecule has 0 spiro atoms. The molecule has 9 heavy (non-hydrogen) atoms. The molecule has 1 heterocycles. The smallest absolute Gasteiger partial charge is 0.321 e. The average molecular weight is 147 g/mol. The van der Waals surface area contributed by atoms with Gasteiger partial charge < -0.3 is 4.90 Å². The van der Waals surface area contributed by atoms with Gasteiger partial charge in [0.15, 0.2) is 0 Å². The lowest BCUT2D eigenvalue weighted by Crippen LogP contribution is -2.23. The van der Waals surface area contributed by atoms with Gasteiger partial charge in [-0.1, -0.05) is 0 Å². The van der Waals surface area contributed by atoms with Gasteiger partial charge in [-0.3, -0.25) is 9.69 Å². The first kappa shape index (κ1) is 6.42. The summed E-state index contributed by atoms with van der Waals surface area (Å²) < 4.78 is 0. The fourth-order valence-electron chi connectivity index (χ4n) is 0.643. The molecule has 1 aliphatic rings. The van der Waals surface area contributed by atoms with Gasteiger partial charge in [0.2, 0.25) is 0 Å². The van der Waals surface area contributed by atoms with E-state index in [1.165, 1.54) is 4.90 Å². The van der Waals surface area contributed by atoms with Crippen LogP contribution in [0, 0.1) is 0 Å². The van der Waals surface area contributed by atoms with Crippen molar-refractivity contribution in [1.82, 2.24) is 9.80 Å². The lowest BCUT2D eigenvalue weighted by atomic mass is 10.8. The van der Waals surface area contributed by atoms with Crippen LogP contribution in [0.15, 0.2) is 12.4 Å². The van der Waals surface area contributed by atoms with E-state index in [1.54, 1.807) is 12.4 Å². The Kier molecular flexibility index (Phi) is 1.62. The molecule has 1 aliphatic heterocycles. The van der Waals surface area contributed by atoms with Gasteiger partial charge in [-0.2, -0.15) is 0 Å². The van der Waals surface area contributed by atoms with Gasteiger partial charge in [-0.15, -0.1) is 0 Å². The van der Waals surface area contributed by atoms with Crippen LogP contribution in [0.4, 0.5) is 4.79 Å². The van der Waals surface area contributed by atoms with E-state index < -0.39 is 5.37 Å². The zero-order valence-electron chi connectivity index (χ0n) is 5.04. The van der Waals surface area contributed by atoms with Crippen molar-refractivity contribution in [3.63, 3.8) is 0 Å². The molecule has 1 rings (SSSR count). The second-order valence-corrected chi connectivity index (χ2v) is 2.24. The van der Waals surface area contributed by atoms with Gasteiger partial charge in [0.25, 0.3) is 0 Å². The molecular weight excluding hydrogens is 140 g/mol. The van der Waals surface area contributed by atoms with E-state index in [0.29, 0.717) is 6.67 Å². The average Bonchev–Trinajstić information content (AvgIpc) is 2.14. The first-order valence-corrected chi connectivity index (χ1v) is 2.92. The van der Waals surface area contributed by atoms with Crippen molar-refractivity contribution in [2.24, 2.45) is 0 Å². The number of hydrogen-bond acceptors (Lipinski definition) is 2. The van der Waals surface area contributed by atoms with Crippen molar-refractivity contribution in [2.75, 3.05) is 13.7 Å². The normalized spacial score (nSPS) is 17.1. The molecule has 0 bridgehead atoms. The maximum absolute atomic E-state index is 10.4. The number of carbonyl (C=O) groups excluding carboxylic acids is 1. The molecule has 0 saturated heterocycles. The van der Waals surface area contributed by atoms with E-state index in [9.17, 15) is 4.79 Å². The van der Waals surface area contributed by atoms with E-state index in [0.717, 1.165) is 0 Å². The highest BCUT2D eigenvalue weighted by molar-refractivity contribution is 6.62. The fraction of sp³-hybridized carbons (Fsp3) is 0.400. The third-order valence-corrected chi connectivity index (χ3v) is 1.32. The van der Waals surface area contributed by atoms with Crippen molar-refractivity contribution in [3.05, 3.63) is 12.4 Å². The Morgan fingerprint density at radius 1 is 1.67 bits per heavy atom. The summed E-state index contributed by atoms with van der Waals surface area (Å²) in [5, 5.41) is -0.435. The summed E-state index contributed by atoms with van der Waals surface area (Å²) in [6.45, 7) is 0.558. The predicted molar refractivity (Wildman–Crippen MR) is 34.9 cm³/mol. The number of hydrogen-bond donors (Lipinski definition) is 0. The van der Waals surface area contributed by atoms with E-state index in [1.807, 2.05) is 11.9 Å². The molecule has 0 unspecified atom stereocenters. The molecule has 1 amide bonds. The van der Waals surface area contributed by atoms with Crippen molar-refractivity contribution in [2.45, 2.75) is 0 Å². The molecule has 0 saturated carbocycles. The molecule has 0 aromatic rings. The number of rotatable bonds is 0. The molecule has 0 aromatic heterocycles. The van der Waals surface area contributed by atoms with Gasteiger partial charge in [0.05, 0.1) is 6.67 Å². The monoisotopic (exact) mass is 146 g/mol. The minimum Gasteiger partial charge on any atom is -0.361 e. The molecule has 0 fully saturated rings. The topological polar surface area (TPSA) is 23.6 Å². The Morgan fingerprint density at radius 3 is 2.56 bits per heavy atom. The van der Waals surface area contributed by atoms with Crippen molar-refractivity contribution in [1.29, 1.82) is 0 Å². The van der Waals surface area contributed by atoms with Gasteiger partial charge in [0.1, 0.15) is 0 Å². The van der Waals surface area contributed by atoms with Crippen LogP contribution < -0.4 is 0 Å². The Labute approximate surface area is 58.5 Å². The van der Waals surface area contributed by atoms with Crippen LogP contribution in [-0.2, 0) is 0 Å². The Bertz CT molecular complexity index is 157. The summed E-state index contributed by atoms with van der Waals surface area (Å²) in [6.07, 6.45) is 3.44. The molecule has 0 atom stereocenters. The van der Waals surface area contributed by atoms with E-state index in [4.69, 9.17) is 11.6 Å². The van der Waals surface area contributed by atoms with Crippen LogP contribution in [0.5, 0.6) is 0 Å². The molecule has 50 valence electrons. The van der Waals surface area contributed by atoms with Gasteiger partial charge in [0, 0.05) is 19.4 Å². The van der Waals surface area contributed by atoms with Gasteiger partial charge >= 0.3 is 5.37 Å². The van der Waals surface area contributed by atoms with Crippen LogP contribution >= 0.6 is 11.6 Å². The highest BCUT2D eigenvalue weighted by Crippen LogP contribution is 2.05. The van der Waals surface area contributed by atoms with E-state index in [-0.39, 0.29) is 0 Å². The van der Waals surface area contributed by atoms with Gasteiger partial charge in [-0.25, -0.2) is 0 Å². The minimum absolute atomic E-state index is 0.435. The number of carbonyl (C=O) groups is 1. The van der Waals surface area contributed by atoms with Crippen LogP contribution in [0.3, 0.4) is 0 Å². The molecule has 0 aliphatic carbocycles. The second kappa shape index (κ2) is 2.27. The fourth-order valence-corrected chi connectivity index (χ4v) is 0.753. The first-order valence-electron chi connectivity index (χ1n) is 2.55. The maximum atomic E-state index is 10.4. The molecule has 0 aromatic carbocycles. The van der Waals surface area contributed by atoms with E-state index in [2.05, 4.69) is 0 Å². The summed E-state index contributed by atoms with van der Waals surface area (Å²) in [5.41, 5.74) is 0. The van der Waals surface area contributed by atoms with Crippen LogP contribution in [0.25, 0.3) is 0 Å². The number of nitrogens with zero attached hydrogens (tertiary/aromatic N) is 2. The Hall–Kier alpha value is -0.700. The zero-order chi connectivity index (χ0) is 6.85. The van der Waals surface area contributed by atoms with Gasteiger partial charge in [-0.05, 0) is 11.6 Å². The molecule has 3 nitrogen and oxygen atoms in total. The van der Waals surface area contributed by atoms with E-state index >= 15 is 0 Å². The summed E-state index contributed by atoms with van der Waals surface area (Å²) in [4.78, 5) is 13.7. The first-order chi connectivity index (χ1) is 4.20. The predicted octanol–water partition coefficient (Wildman–Crippen LogP) is 1.02. The number of amides is 1. The maximum Gasteiger partial charge on any atom is 0.321 e. The quantitative estimate of drug-likeness (QED) is 0.376. The third kappa shape index (κ3) is 1.36. The molecular formula is C5H7ClN2O.